The molecule has 1 heterocycles. The van der Waals surface area contributed by atoms with Gasteiger partial charge in [-0.05, 0) is 24.3 Å². The molecule has 1 aromatic heterocycles. The van der Waals surface area contributed by atoms with E-state index in [2.05, 4.69) is 22.0 Å². The number of aromatic nitrogens is 1. The standard InChI is InChI=1S/C17H16N2O/c1-19(14-7-9-15(20-2)10-8-14)17-12-18-11-13-5-3-4-6-16(13)17/h3-12H,1-2H3. The molecule has 0 atom stereocenters. The van der Waals surface area contributed by atoms with Crippen LogP contribution in [-0.2, 0) is 0 Å². The highest BCUT2D eigenvalue weighted by atomic mass is 16.5. The summed E-state index contributed by atoms with van der Waals surface area (Å²) in [6.07, 6.45) is 3.78. The van der Waals surface area contributed by atoms with Crippen molar-refractivity contribution < 1.29 is 4.74 Å². The first-order valence-electron chi connectivity index (χ1n) is 6.50. The highest BCUT2D eigenvalue weighted by Gasteiger charge is 2.08. The Labute approximate surface area is 118 Å². The summed E-state index contributed by atoms with van der Waals surface area (Å²) in [5.41, 5.74) is 2.19. The molecule has 0 saturated heterocycles. The molecule has 0 spiro atoms. The van der Waals surface area contributed by atoms with Gasteiger partial charge in [-0.3, -0.25) is 4.98 Å². The molecule has 3 heteroatoms. The highest BCUT2D eigenvalue weighted by Crippen LogP contribution is 2.30. The topological polar surface area (TPSA) is 25.4 Å². The lowest BCUT2D eigenvalue weighted by atomic mass is 10.1. The van der Waals surface area contributed by atoms with Crippen molar-refractivity contribution in [2.45, 2.75) is 0 Å². The van der Waals surface area contributed by atoms with E-state index in [4.69, 9.17) is 4.74 Å². The van der Waals surface area contributed by atoms with Gasteiger partial charge in [-0.1, -0.05) is 24.3 Å². The highest BCUT2D eigenvalue weighted by molar-refractivity contribution is 5.94. The van der Waals surface area contributed by atoms with Crippen LogP contribution < -0.4 is 9.64 Å². The van der Waals surface area contributed by atoms with Crippen molar-refractivity contribution in [1.82, 2.24) is 4.98 Å². The van der Waals surface area contributed by atoms with Crippen LogP contribution in [0, 0.1) is 0 Å². The molecule has 0 saturated carbocycles. The van der Waals surface area contributed by atoms with Crippen molar-refractivity contribution in [3.63, 3.8) is 0 Å². The summed E-state index contributed by atoms with van der Waals surface area (Å²) >= 11 is 0. The van der Waals surface area contributed by atoms with E-state index in [9.17, 15) is 0 Å². The Bertz CT molecular complexity index is 717. The third-order valence-electron chi connectivity index (χ3n) is 3.47. The molecule has 0 N–H and O–H groups in total. The third-order valence-corrected chi connectivity index (χ3v) is 3.47. The molecule has 100 valence electrons. The average molecular weight is 264 g/mol. The lowest BCUT2D eigenvalue weighted by Gasteiger charge is -2.21. The van der Waals surface area contributed by atoms with Crippen LogP contribution in [0.2, 0.25) is 0 Å². The molecule has 0 aliphatic rings. The van der Waals surface area contributed by atoms with Gasteiger partial charge < -0.3 is 9.64 Å². The van der Waals surface area contributed by atoms with Gasteiger partial charge in [0.15, 0.2) is 0 Å². The molecule has 0 radical (unpaired) electrons. The maximum absolute atomic E-state index is 5.19. The molecule has 3 nitrogen and oxygen atoms in total. The Morgan fingerprint density at radius 1 is 0.950 bits per heavy atom. The van der Waals surface area contributed by atoms with Crippen LogP contribution in [0.15, 0.2) is 60.9 Å². The van der Waals surface area contributed by atoms with E-state index >= 15 is 0 Å². The maximum atomic E-state index is 5.19. The van der Waals surface area contributed by atoms with E-state index in [0.717, 1.165) is 22.5 Å². The molecule has 0 bridgehead atoms. The van der Waals surface area contributed by atoms with Crippen molar-refractivity contribution in [3.8, 4) is 5.75 Å². The first kappa shape index (κ1) is 12.5. The molecule has 0 amide bonds. The Balaban J connectivity index is 2.05. The van der Waals surface area contributed by atoms with Crippen LogP contribution in [0.1, 0.15) is 0 Å². The zero-order chi connectivity index (χ0) is 13.9. The van der Waals surface area contributed by atoms with Crippen LogP contribution >= 0.6 is 0 Å². The van der Waals surface area contributed by atoms with Crippen molar-refractivity contribution in [2.24, 2.45) is 0 Å². The first-order chi connectivity index (χ1) is 9.79. The molecule has 20 heavy (non-hydrogen) atoms. The van der Waals surface area contributed by atoms with Crippen LogP contribution in [0.3, 0.4) is 0 Å². The van der Waals surface area contributed by atoms with Gasteiger partial charge in [0.1, 0.15) is 5.75 Å². The molecule has 3 aromatic rings. The number of nitrogens with zero attached hydrogens (tertiary/aromatic N) is 2. The number of pyridine rings is 1. The molecule has 0 fully saturated rings. The van der Waals surface area contributed by atoms with E-state index in [1.807, 2.05) is 55.8 Å². The van der Waals surface area contributed by atoms with E-state index in [-0.39, 0.29) is 0 Å². The fourth-order valence-corrected chi connectivity index (χ4v) is 2.31. The van der Waals surface area contributed by atoms with Crippen LogP contribution in [0.5, 0.6) is 5.75 Å². The van der Waals surface area contributed by atoms with Crippen molar-refractivity contribution >= 4 is 22.1 Å². The first-order valence-corrected chi connectivity index (χ1v) is 6.50. The van der Waals surface area contributed by atoms with E-state index in [1.54, 1.807) is 7.11 Å². The number of hydrogen-bond donors (Lipinski definition) is 0. The molecule has 0 aliphatic carbocycles. The zero-order valence-corrected chi connectivity index (χ0v) is 11.6. The maximum Gasteiger partial charge on any atom is 0.119 e. The van der Waals surface area contributed by atoms with E-state index in [0.29, 0.717) is 0 Å². The number of methoxy groups -OCH3 is 1. The number of rotatable bonds is 3. The lowest BCUT2D eigenvalue weighted by molar-refractivity contribution is 0.415. The number of hydrogen-bond acceptors (Lipinski definition) is 3. The van der Waals surface area contributed by atoms with Gasteiger partial charge in [0.05, 0.1) is 19.0 Å². The Hall–Kier alpha value is -2.55. The Morgan fingerprint density at radius 2 is 1.70 bits per heavy atom. The van der Waals surface area contributed by atoms with Gasteiger partial charge in [0, 0.05) is 29.7 Å². The van der Waals surface area contributed by atoms with Crippen molar-refractivity contribution in [2.75, 3.05) is 19.1 Å². The molecular weight excluding hydrogens is 248 g/mol. The quantitative estimate of drug-likeness (QED) is 0.714. The van der Waals surface area contributed by atoms with Gasteiger partial charge in [-0.25, -0.2) is 0 Å². The largest absolute Gasteiger partial charge is 0.497 e. The summed E-state index contributed by atoms with van der Waals surface area (Å²) in [7, 11) is 3.72. The van der Waals surface area contributed by atoms with Gasteiger partial charge in [-0.15, -0.1) is 0 Å². The number of ether oxygens (including phenoxy) is 1. The smallest absolute Gasteiger partial charge is 0.119 e. The second-order valence-corrected chi connectivity index (χ2v) is 4.64. The fraction of sp³-hybridized carbons (Fsp3) is 0.118. The summed E-state index contributed by atoms with van der Waals surface area (Å²) in [6, 6.07) is 16.3. The molecule has 0 unspecified atom stereocenters. The van der Waals surface area contributed by atoms with E-state index < -0.39 is 0 Å². The molecular formula is C17H16N2O. The number of anilines is 2. The van der Waals surface area contributed by atoms with Crippen molar-refractivity contribution in [1.29, 1.82) is 0 Å². The SMILES string of the molecule is COc1ccc(N(C)c2cncc3ccccc23)cc1. The minimum absolute atomic E-state index is 0.859. The monoisotopic (exact) mass is 264 g/mol. The van der Waals surface area contributed by atoms with Crippen LogP contribution in [0.4, 0.5) is 11.4 Å². The summed E-state index contributed by atoms with van der Waals surface area (Å²) in [5.74, 6) is 0.859. The Morgan fingerprint density at radius 3 is 2.45 bits per heavy atom. The summed E-state index contributed by atoms with van der Waals surface area (Å²) < 4.78 is 5.19. The van der Waals surface area contributed by atoms with Gasteiger partial charge in [0.2, 0.25) is 0 Å². The van der Waals surface area contributed by atoms with Crippen LogP contribution in [-0.4, -0.2) is 19.1 Å². The second-order valence-electron chi connectivity index (χ2n) is 4.64. The molecule has 2 aromatic carbocycles. The zero-order valence-electron chi connectivity index (χ0n) is 11.6. The lowest BCUT2D eigenvalue weighted by Crippen LogP contribution is -2.10. The summed E-state index contributed by atoms with van der Waals surface area (Å²) in [5, 5.41) is 2.34. The van der Waals surface area contributed by atoms with Gasteiger partial charge in [-0.2, -0.15) is 0 Å². The Kier molecular flexibility index (Phi) is 3.25. The van der Waals surface area contributed by atoms with Gasteiger partial charge in [0.25, 0.3) is 0 Å². The minimum atomic E-state index is 0.859. The summed E-state index contributed by atoms with van der Waals surface area (Å²) in [4.78, 5) is 6.46. The predicted octanol–water partition coefficient (Wildman–Crippen LogP) is 4.01. The number of fused-ring (bicyclic) bond motifs is 1. The molecule has 3 rings (SSSR count). The third kappa shape index (κ3) is 2.18. The average Bonchev–Trinajstić information content (AvgIpc) is 2.54. The van der Waals surface area contributed by atoms with Crippen LogP contribution in [0.25, 0.3) is 10.8 Å². The number of benzene rings is 2. The normalized spacial score (nSPS) is 10.5. The fourth-order valence-electron chi connectivity index (χ4n) is 2.31. The van der Waals surface area contributed by atoms with E-state index in [1.165, 1.54) is 5.39 Å². The minimum Gasteiger partial charge on any atom is -0.497 e. The van der Waals surface area contributed by atoms with Gasteiger partial charge >= 0.3 is 0 Å². The molecule has 0 aliphatic heterocycles. The second kappa shape index (κ2) is 5.21. The summed E-state index contributed by atoms with van der Waals surface area (Å²) in [6.45, 7) is 0. The van der Waals surface area contributed by atoms with Crippen molar-refractivity contribution in [3.05, 3.63) is 60.9 Å². The predicted molar refractivity (Wildman–Crippen MR) is 82.8 cm³/mol.